The molecule has 0 saturated carbocycles. The zero-order chi connectivity index (χ0) is 7.82. The van der Waals surface area contributed by atoms with Crippen molar-refractivity contribution in [1.82, 2.24) is 0 Å². The molecule has 0 radical (unpaired) electrons. The molecule has 10 heavy (non-hydrogen) atoms. The molecule has 0 aliphatic rings. The van der Waals surface area contributed by atoms with Gasteiger partial charge in [-0.05, 0) is 13.3 Å². The van der Waals surface area contributed by atoms with Crippen LogP contribution in [-0.2, 0) is 0 Å². The van der Waals surface area contributed by atoms with Crippen molar-refractivity contribution in [3.8, 4) is 23.7 Å². The fourth-order valence-electron chi connectivity index (χ4n) is 0.460. The van der Waals surface area contributed by atoms with Gasteiger partial charge in [0.25, 0.3) is 0 Å². The summed E-state index contributed by atoms with van der Waals surface area (Å²) < 4.78 is 0. The molecule has 0 rings (SSSR count). The Morgan fingerprint density at radius 2 is 2.00 bits per heavy atom. The van der Waals surface area contributed by atoms with Gasteiger partial charge >= 0.3 is 0 Å². The molecule has 0 aliphatic heterocycles. The van der Waals surface area contributed by atoms with E-state index < -0.39 is 0 Å². The summed E-state index contributed by atoms with van der Waals surface area (Å²) in [5.74, 6) is 12.4. The predicted molar refractivity (Wildman–Crippen MR) is 45.3 cm³/mol. The minimum Gasteiger partial charge on any atom is -0.106 e. The van der Waals surface area contributed by atoms with E-state index in [9.17, 15) is 0 Å². The molecule has 0 fully saturated rings. The van der Waals surface area contributed by atoms with Crippen molar-refractivity contribution in [2.24, 2.45) is 5.92 Å². The lowest BCUT2D eigenvalue weighted by Crippen LogP contribution is -1.83. The van der Waals surface area contributed by atoms with E-state index in [4.69, 9.17) is 0 Å². The van der Waals surface area contributed by atoms with E-state index in [0.717, 1.165) is 12.8 Å². The summed E-state index contributed by atoms with van der Waals surface area (Å²) in [6.45, 7) is 6.11. The van der Waals surface area contributed by atoms with Gasteiger partial charge in [0.1, 0.15) is 0 Å². The molecule has 0 aromatic heterocycles. The third kappa shape index (κ3) is 5.26. The lowest BCUT2D eigenvalue weighted by atomic mass is 10.1. The molecule has 0 heterocycles. The van der Waals surface area contributed by atoms with Crippen LogP contribution in [0, 0.1) is 29.6 Å². The molecule has 0 aromatic carbocycles. The fourth-order valence-corrected chi connectivity index (χ4v) is 0.460. The first-order valence-corrected chi connectivity index (χ1v) is 3.69. The van der Waals surface area contributed by atoms with E-state index in [1.54, 1.807) is 0 Å². The summed E-state index contributed by atoms with van der Waals surface area (Å²) in [5.41, 5.74) is 0. The van der Waals surface area contributed by atoms with Crippen molar-refractivity contribution in [2.45, 2.75) is 33.6 Å². The first-order valence-electron chi connectivity index (χ1n) is 3.69. The third-order valence-corrected chi connectivity index (χ3v) is 1.31. The summed E-state index contributed by atoms with van der Waals surface area (Å²) in [6.07, 6.45) is 1.85. The Morgan fingerprint density at radius 1 is 1.30 bits per heavy atom. The summed E-state index contributed by atoms with van der Waals surface area (Å²) in [7, 11) is 0. The minimum atomic E-state index is 0.527. The molecular weight excluding hydrogens is 120 g/mol. The molecule has 0 spiro atoms. The van der Waals surface area contributed by atoms with Crippen LogP contribution >= 0.6 is 0 Å². The highest BCUT2D eigenvalue weighted by atomic mass is 13.9. The SMILES string of the molecule is CC#CCC#CC(C)CC. The summed E-state index contributed by atoms with van der Waals surface area (Å²) in [6, 6.07) is 0. The highest BCUT2D eigenvalue weighted by molar-refractivity contribution is 5.11. The van der Waals surface area contributed by atoms with Crippen LogP contribution in [0.3, 0.4) is 0 Å². The molecule has 0 heteroatoms. The van der Waals surface area contributed by atoms with Crippen LogP contribution < -0.4 is 0 Å². The van der Waals surface area contributed by atoms with E-state index in [0.29, 0.717) is 5.92 Å². The van der Waals surface area contributed by atoms with Gasteiger partial charge in [-0.1, -0.05) is 31.6 Å². The first-order chi connectivity index (χ1) is 4.81. The summed E-state index contributed by atoms with van der Waals surface area (Å²) >= 11 is 0. The van der Waals surface area contributed by atoms with Crippen LogP contribution in [0.1, 0.15) is 33.6 Å². The Balaban J connectivity index is 3.55. The van der Waals surface area contributed by atoms with Crippen molar-refractivity contribution < 1.29 is 0 Å². The highest BCUT2D eigenvalue weighted by Gasteiger charge is 1.87. The second-order valence-corrected chi connectivity index (χ2v) is 2.23. The molecule has 1 atom stereocenters. The Bertz CT molecular complexity index is 180. The largest absolute Gasteiger partial charge is 0.106 e. The number of rotatable bonds is 1. The van der Waals surface area contributed by atoms with E-state index in [1.807, 2.05) is 6.92 Å². The standard InChI is InChI=1S/C10H14/c1-4-6-7-8-9-10(3)5-2/h10H,5,7H2,1-3H3. The first kappa shape index (κ1) is 9.12. The fraction of sp³-hybridized carbons (Fsp3) is 0.600. The Hall–Kier alpha value is -0.880. The molecule has 0 saturated heterocycles. The maximum atomic E-state index is 3.11. The smallest absolute Gasteiger partial charge is 0.0702 e. The van der Waals surface area contributed by atoms with Crippen LogP contribution in [0.5, 0.6) is 0 Å². The van der Waals surface area contributed by atoms with E-state index >= 15 is 0 Å². The molecular formula is C10H14. The van der Waals surface area contributed by atoms with Gasteiger partial charge in [0.05, 0.1) is 6.42 Å². The van der Waals surface area contributed by atoms with Crippen LogP contribution in [0.25, 0.3) is 0 Å². The number of hydrogen-bond acceptors (Lipinski definition) is 0. The molecule has 54 valence electrons. The quantitative estimate of drug-likeness (QED) is 0.483. The summed E-state index contributed by atoms with van der Waals surface area (Å²) in [4.78, 5) is 0. The molecule has 0 amide bonds. The van der Waals surface area contributed by atoms with E-state index in [1.165, 1.54) is 0 Å². The second kappa shape index (κ2) is 6.24. The van der Waals surface area contributed by atoms with E-state index in [-0.39, 0.29) is 0 Å². The number of hydrogen-bond donors (Lipinski definition) is 0. The van der Waals surface area contributed by atoms with Gasteiger partial charge < -0.3 is 0 Å². The highest BCUT2D eigenvalue weighted by Crippen LogP contribution is 1.96. The van der Waals surface area contributed by atoms with Gasteiger partial charge in [-0.3, -0.25) is 0 Å². The lowest BCUT2D eigenvalue weighted by molar-refractivity contribution is 0.723. The second-order valence-electron chi connectivity index (χ2n) is 2.23. The topological polar surface area (TPSA) is 0 Å². The van der Waals surface area contributed by atoms with Crippen molar-refractivity contribution in [3.05, 3.63) is 0 Å². The average molecular weight is 134 g/mol. The van der Waals surface area contributed by atoms with Gasteiger partial charge in [-0.15, -0.1) is 5.92 Å². The third-order valence-electron chi connectivity index (χ3n) is 1.31. The van der Waals surface area contributed by atoms with Crippen molar-refractivity contribution in [1.29, 1.82) is 0 Å². The lowest BCUT2D eigenvalue weighted by Gasteiger charge is -1.92. The minimum absolute atomic E-state index is 0.527. The van der Waals surface area contributed by atoms with Gasteiger partial charge in [0, 0.05) is 5.92 Å². The molecule has 0 N–H and O–H groups in total. The predicted octanol–water partition coefficient (Wildman–Crippen LogP) is 2.45. The molecule has 1 unspecified atom stereocenters. The molecule has 0 aliphatic carbocycles. The van der Waals surface area contributed by atoms with Crippen molar-refractivity contribution in [3.63, 3.8) is 0 Å². The van der Waals surface area contributed by atoms with Crippen molar-refractivity contribution in [2.75, 3.05) is 0 Å². The van der Waals surface area contributed by atoms with Gasteiger partial charge in [-0.2, -0.15) is 0 Å². The van der Waals surface area contributed by atoms with Gasteiger partial charge in [-0.25, -0.2) is 0 Å². The molecule has 0 nitrogen and oxygen atoms in total. The van der Waals surface area contributed by atoms with Crippen LogP contribution in [0.15, 0.2) is 0 Å². The van der Waals surface area contributed by atoms with E-state index in [2.05, 4.69) is 37.5 Å². The normalized spacial score (nSPS) is 10.3. The molecule has 0 bridgehead atoms. The maximum absolute atomic E-state index is 3.11. The maximum Gasteiger partial charge on any atom is 0.0702 e. The van der Waals surface area contributed by atoms with Gasteiger partial charge in [0.2, 0.25) is 0 Å². The van der Waals surface area contributed by atoms with Crippen LogP contribution in [0.2, 0.25) is 0 Å². The van der Waals surface area contributed by atoms with Crippen molar-refractivity contribution >= 4 is 0 Å². The average Bonchev–Trinajstić information content (AvgIpc) is 1.98. The molecule has 0 aromatic rings. The van der Waals surface area contributed by atoms with Crippen LogP contribution in [-0.4, -0.2) is 0 Å². The Morgan fingerprint density at radius 3 is 2.50 bits per heavy atom. The zero-order valence-electron chi connectivity index (χ0n) is 6.99. The monoisotopic (exact) mass is 134 g/mol. The summed E-state index contributed by atoms with van der Waals surface area (Å²) in [5, 5.41) is 0. The Kier molecular flexibility index (Phi) is 5.69. The van der Waals surface area contributed by atoms with Crippen LogP contribution in [0.4, 0.5) is 0 Å². The zero-order valence-corrected chi connectivity index (χ0v) is 6.99. The Labute approximate surface area is 64.0 Å². The van der Waals surface area contributed by atoms with Gasteiger partial charge in [0.15, 0.2) is 0 Å².